The average molecular weight is 249 g/mol. The summed E-state index contributed by atoms with van der Waals surface area (Å²) < 4.78 is 16.3. The van der Waals surface area contributed by atoms with Gasteiger partial charge >= 0.3 is 11.4 Å². The van der Waals surface area contributed by atoms with Gasteiger partial charge in [0.1, 0.15) is 5.82 Å². The van der Waals surface area contributed by atoms with Crippen molar-refractivity contribution in [2.24, 2.45) is 0 Å². The maximum atomic E-state index is 12.2. The maximum Gasteiger partial charge on any atom is 0.403 e. The molecule has 0 aliphatic rings. The number of hydrogen-bond acceptors (Lipinski definition) is 3. The number of rotatable bonds is 2. The standard InChI is InChI=1S/C7H5FO2.C3H5ClO2/c8-6-3-1-5(2-4-6)7(9)10;1-2-6-3(4)5/h1-4H,(H,9,10);2H2,1H3. The first-order chi connectivity index (χ1) is 7.47. The maximum absolute atomic E-state index is 12.2. The lowest BCUT2D eigenvalue weighted by Crippen LogP contribution is -1.94. The summed E-state index contributed by atoms with van der Waals surface area (Å²) in [5.74, 6) is -1.47. The summed E-state index contributed by atoms with van der Waals surface area (Å²) in [5.41, 5.74) is -0.640. The molecule has 0 spiro atoms. The number of ether oxygens (including phenoxy) is 1. The Labute approximate surface area is 96.6 Å². The molecule has 0 aliphatic heterocycles. The highest BCUT2D eigenvalue weighted by atomic mass is 35.5. The van der Waals surface area contributed by atoms with Crippen LogP contribution in [0, 0.1) is 5.82 Å². The van der Waals surface area contributed by atoms with Gasteiger partial charge in [0.2, 0.25) is 0 Å². The summed E-state index contributed by atoms with van der Waals surface area (Å²) in [6.45, 7) is 2.04. The first kappa shape index (κ1) is 14.4. The highest BCUT2D eigenvalue weighted by Crippen LogP contribution is 2.01. The van der Waals surface area contributed by atoms with E-state index in [1.807, 2.05) is 0 Å². The van der Waals surface area contributed by atoms with Gasteiger partial charge in [-0.15, -0.1) is 0 Å². The van der Waals surface area contributed by atoms with E-state index in [4.69, 9.17) is 16.7 Å². The van der Waals surface area contributed by atoms with Crippen molar-refractivity contribution in [2.75, 3.05) is 6.61 Å². The van der Waals surface area contributed by atoms with E-state index >= 15 is 0 Å². The van der Waals surface area contributed by atoms with Crippen molar-refractivity contribution >= 4 is 23.0 Å². The van der Waals surface area contributed by atoms with Crippen molar-refractivity contribution in [1.82, 2.24) is 0 Å². The van der Waals surface area contributed by atoms with Crippen LogP contribution in [0.15, 0.2) is 24.3 Å². The molecule has 1 rings (SSSR count). The third-order valence-corrected chi connectivity index (χ3v) is 1.46. The molecule has 0 radical (unpaired) electrons. The fourth-order valence-electron chi connectivity index (χ4n) is 0.706. The summed E-state index contributed by atoms with van der Waals surface area (Å²) in [6, 6.07) is 4.67. The van der Waals surface area contributed by atoms with Gasteiger partial charge in [0.25, 0.3) is 0 Å². The van der Waals surface area contributed by atoms with Gasteiger partial charge in [0.05, 0.1) is 12.2 Å². The second-order valence-corrected chi connectivity index (χ2v) is 2.79. The molecule has 0 saturated heterocycles. The fraction of sp³-hybridized carbons (Fsp3) is 0.200. The monoisotopic (exact) mass is 248 g/mol. The van der Waals surface area contributed by atoms with Crippen LogP contribution in [0.3, 0.4) is 0 Å². The van der Waals surface area contributed by atoms with E-state index in [1.165, 1.54) is 12.1 Å². The first-order valence-electron chi connectivity index (χ1n) is 4.28. The van der Waals surface area contributed by atoms with E-state index in [-0.39, 0.29) is 5.56 Å². The zero-order valence-corrected chi connectivity index (χ0v) is 9.20. The molecule has 16 heavy (non-hydrogen) atoms. The van der Waals surface area contributed by atoms with Crippen molar-refractivity contribution in [3.05, 3.63) is 35.6 Å². The topological polar surface area (TPSA) is 63.6 Å². The molecule has 0 amide bonds. The highest BCUT2D eigenvalue weighted by molar-refractivity contribution is 6.61. The van der Waals surface area contributed by atoms with E-state index in [0.29, 0.717) is 6.61 Å². The van der Waals surface area contributed by atoms with Crippen LogP contribution in [-0.2, 0) is 4.74 Å². The van der Waals surface area contributed by atoms with Crippen LogP contribution >= 0.6 is 11.6 Å². The number of halogens is 2. The van der Waals surface area contributed by atoms with Crippen molar-refractivity contribution in [3.63, 3.8) is 0 Å². The predicted octanol–water partition coefficient (Wildman–Crippen LogP) is 2.91. The van der Waals surface area contributed by atoms with Crippen LogP contribution in [0.2, 0.25) is 0 Å². The van der Waals surface area contributed by atoms with Gasteiger partial charge < -0.3 is 9.84 Å². The van der Waals surface area contributed by atoms with Gasteiger partial charge in [-0.2, -0.15) is 0 Å². The molecule has 0 fully saturated rings. The summed E-state index contributed by atoms with van der Waals surface area (Å²) in [4.78, 5) is 19.8. The van der Waals surface area contributed by atoms with Crippen molar-refractivity contribution in [1.29, 1.82) is 0 Å². The quantitative estimate of drug-likeness (QED) is 0.818. The van der Waals surface area contributed by atoms with Crippen LogP contribution in [-0.4, -0.2) is 23.1 Å². The minimum absolute atomic E-state index is 0.0985. The molecule has 0 aliphatic carbocycles. The third-order valence-electron chi connectivity index (χ3n) is 1.35. The molecule has 6 heteroatoms. The molecular weight excluding hydrogens is 239 g/mol. The molecule has 0 saturated carbocycles. The first-order valence-corrected chi connectivity index (χ1v) is 4.66. The second kappa shape index (κ2) is 7.64. The lowest BCUT2D eigenvalue weighted by Gasteiger charge is -1.90. The molecule has 0 unspecified atom stereocenters. The van der Waals surface area contributed by atoms with Gasteiger partial charge in [-0.25, -0.2) is 14.0 Å². The van der Waals surface area contributed by atoms with Gasteiger partial charge in [-0.3, -0.25) is 0 Å². The predicted molar refractivity (Wildman–Crippen MR) is 56.2 cm³/mol. The van der Waals surface area contributed by atoms with Gasteiger partial charge in [0, 0.05) is 11.6 Å². The third kappa shape index (κ3) is 6.78. The Morgan fingerprint density at radius 1 is 1.38 bits per heavy atom. The number of benzene rings is 1. The summed E-state index contributed by atoms with van der Waals surface area (Å²) in [7, 11) is 0. The lowest BCUT2D eigenvalue weighted by molar-refractivity contribution is 0.0697. The van der Waals surface area contributed by atoms with E-state index in [2.05, 4.69) is 4.74 Å². The fourth-order valence-corrected chi connectivity index (χ4v) is 0.815. The zero-order valence-electron chi connectivity index (χ0n) is 8.44. The van der Waals surface area contributed by atoms with Crippen LogP contribution < -0.4 is 0 Å². The Morgan fingerprint density at radius 2 is 1.88 bits per heavy atom. The molecule has 1 aromatic rings. The van der Waals surface area contributed by atoms with Crippen LogP contribution in [0.5, 0.6) is 0 Å². The van der Waals surface area contributed by atoms with E-state index in [9.17, 15) is 14.0 Å². The smallest absolute Gasteiger partial charge is 0.403 e. The lowest BCUT2D eigenvalue weighted by atomic mass is 10.2. The Hall–Kier alpha value is -1.62. The van der Waals surface area contributed by atoms with Gasteiger partial charge in [-0.05, 0) is 31.2 Å². The molecule has 1 aromatic carbocycles. The van der Waals surface area contributed by atoms with Crippen molar-refractivity contribution in [3.8, 4) is 0 Å². The molecule has 0 bridgehead atoms. The van der Waals surface area contributed by atoms with Crippen molar-refractivity contribution < 1.29 is 23.8 Å². The molecular formula is C10H10ClFO4. The van der Waals surface area contributed by atoms with Gasteiger partial charge in [-0.1, -0.05) is 0 Å². The zero-order chi connectivity index (χ0) is 12.6. The SMILES string of the molecule is CCOC(=O)Cl.O=C(O)c1ccc(F)cc1. The Bertz CT molecular complexity index is 350. The number of hydrogen-bond donors (Lipinski definition) is 1. The number of carboxylic acids is 1. The normalized spacial score (nSPS) is 8.69. The number of carbonyl (C=O) groups excluding carboxylic acids is 1. The second-order valence-electron chi connectivity index (χ2n) is 2.48. The molecule has 0 atom stereocenters. The van der Waals surface area contributed by atoms with Crippen molar-refractivity contribution in [2.45, 2.75) is 6.92 Å². The van der Waals surface area contributed by atoms with Gasteiger partial charge in [0.15, 0.2) is 0 Å². The Balaban J connectivity index is 0.000000325. The number of carboxylic acid groups (broad SMARTS) is 1. The summed E-state index contributed by atoms with van der Waals surface area (Å²) >= 11 is 4.72. The van der Waals surface area contributed by atoms with E-state index in [0.717, 1.165) is 12.1 Å². The minimum atomic E-state index is -1.04. The summed E-state index contributed by atoms with van der Waals surface area (Å²) in [5, 5.41) is 8.35. The summed E-state index contributed by atoms with van der Waals surface area (Å²) in [6.07, 6.45) is 0. The molecule has 4 nitrogen and oxygen atoms in total. The van der Waals surface area contributed by atoms with Crippen LogP contribution in [0.4, 0.5) is 9.18 Å². The molecule has 1 N–H and O–H groups in total. The highest BCUT2D eigenvalue weighted by Gasteiger charge is 1.99. The number of carbonyl (C=O) groups is 2. The largest absolute Gasteiger partial charge is 0.478 e. The average Bonchev–Trinajstić information content (AvgIpc) is 2.19. The minimum Gasteiger partial charge on any atom is -0.478 e. The molecule has 0 heterocycles. The Morgan fingerprint density at radius 3 is 2.12 bits per heavy atom. The van der Waals surface area contributed by atoms with E-state index < -0.39 is 17.2 Å². The Kier molecular flexibility index (Phi) is 6.87. The number of aromatic carboxylic acids is 1. The molecule has 0 aromatic heterocycles. The van der Waals surface area contributed by atoms with E-state index in [1.54, 1.807) is 6.92 Å². The van der Waals surface area contributed by atoms with Crippen LogP contribution in [0.25, 0.3) is 0 Å². The molecule has 88 valence electrons. The van der Waals surface area contributed by atoms with Crippen LogP contribution in [0.1, 0.15) is 17.3 Å².